The largest absolute Gasteiger partial charge is 0.497 e. The maximum Gasteiger partial charge on any atom is 0.293 e. The van der Waals surface area contributed by atoms with Gasteiger partial charge in [-0.1, -0.05) is 0 Å². The van der Waals surface area contributed by atoms with Gasteiger partial charge in [-0.05, 0) is 54.6 Å². The summed E-state index contributed by atoms with van der Waals surface area (Å²) in [6, 6.07) is 14.3. The van der Waals surface area contributed by atoms with E-state index >= 15 is 0 Å². The molecule has 0 radical (unpaired) electrons. The van der Waals surface area contributed by atoms with Crippen LogP contribution in [0.25, 0.3) is 11.3 Å². The first-order valence-corrected chi connectivity index (χ1v) is 10.4. The number of aromatic nitrogens is 1. The quantitative estimate of drug-likeness (QED) is 0.384. The molecular formula is C23H19FN2O5S. The van der Waals surface area contributed by atoms with E-state index < -0.39 is 5.91 Å². The minimum absolute atomic E-state index is 0.107. The van der Waals surface area contributed by atoms with Crippen molar-refractivity contribution in [1.29, 1.82) is 0 Å². The van der Waals surface area contributed by atoms with Crippen molar-refractivity contribution in [3.05, 3.63) is 77.3 Å². The summed E-state index contributed by atoms with van der Waals surface area (Å²) in [6.07, 6.45) is 0. The van der Waals surface area contributed by atoms with E-state index in [-0.39, 0.29) is 18.2 Å². The molecule has 0 aliphatic carbocycles. The predicted octanol–water partition coefficient (Wildman–Crippen LogP) is 5.39. The van der Waals surface area contributed by atoms with Gasteiger partial charge in [0.25, 0.3) is 5.91 Å². The first kappa shape index (κ1) is 21.4. The van der Waals surface area contributed by atoms with Crippen molar-refractivity contribution in [2.24, 2.45) is 0 Å². The second-order valence-electron chi connectivity index (χ2n) is 6.57. The first-order chi connectivity index (χ1) is 15.6. The Morgan fingerprint density at radius 2 is 1.84 bits per heavy atom. The van der Waals surface area contributed by atoms with Crippen LogP contribution in [0.15, 0.2) is 64.4 Å². The molecule has 0 bridgehead atoms. The smallest absolute Gasteiger partial charge is 0.293 e. The molecule has 1 amide bonds. The highest BCUT2D eigenvalue weighted by Gasteiger charge is 2.16. The van der Waals surface area contributed by atoms with Gasteiger partial charge in [0.2, 0.25) is 0 Å². The second kappa shape index (κ2) is 9.52. The van der Waals surface area contributed by atoms with Gasteiger partial charge in [-0.25, -0.2) is 9.37 Å². The van der Waals surface area contributed by atoms with Crippen molar-refractivity contribution in [3.63, 3.8) is 0 Å². The molecule has 7 nitrogen and oxygen atoms in total. The van der Waals surface area contributed by atoms with Crippen molar-refractivity contribution in [2.45, 2.75) is 6.61 Å². The lowest BCUT2D eigenvalue weighted by molar-refractivity contribution is 0.0992. The number of ether oxygens (including phenoxy) is 3. The molecule has 1 N–H and O–H groups in total. The molecule has 4 aromatic rings. The van der Waals surface area contributed by atoms with Crippen LogP contribution in [0.3, 0.4) is 0 Å². The minimum atomic E-state index is -0.434. The van der Waals surface area contributed by atoms with Gasteiger partial charge in [0, 0.05) is 10.9 Å². The molecule has 2 aromatic heterocycles. The van der Waals surface area contributed by atoms with Crippen LogP contribution in [0.4, 0.5) is 9.52 Å². The van der Waals surface area contributed by atoms with E-state index in [1.807, 2.05) is 11.4 Å². The summed E-state index contributed by atoms with van der Waals surface area (Å²) in [5, 5.41) is 4.96. The van der Waals surface area contributed by atoms with E-state index in [9.17, 15) is 9.18 Å². The van der Waals surface area contributed by atoms with E-state index in [1.54, 1.807) is 38.5 Å². The van der Waals surface area contributed by atoms with E-state index in [0.717, 1.165) is 5.56 Å². The highest BCUT2D eigenvalue weighted by molar-refractivity contribution is 7.14. The van der Waals surface area contributed by atoms with E-state index in [0.29, 0.717) is 33.8 Å². The van der Waals surface area contributed by atoms with Crippen molar-refractivity contribution in [3.8, 4) is 28.5 Å². The van der Waals surface area contributed by atoms with Crippen LogP contribution in [-0.2, 0) is 6.61 Å². The Morgan fingerprint density at radius 3 is 2.59 bits per heavy atom. The molecular weight excluding hydrogens is 435 g/mol. The third kappa shape index (κ3) is 4.89. The van der Waals surface area contributed by atoms with Crippen LogP contribution in [0, 0.1) is 5.82 Å². The molecule has 0 aliphatic heterocycles. The zero-order valence-corrected chi connectivity index (χ0v) is 18.1. The highest BCUT2D eigenvalue weighted by Crippen LogP contribution is 2.35. The molecule has 0 saturated carbocycles. The zero-order chi connectivity index (χ0) is 22.5. The lowest BCUT2D eigenvalue weighted by Crippen LogP contribution is -2.10. The number of nitrogens with one attached hydrogen (secondary N) is 1. The van der Waals surface area contributed by atoms with Crippen LogP contribution in [0.2, 0.25) is 0 Å². The number of hydrogen-bond acceptors (Lipinski definition) is 7. The van der Waals surface area contributed by atoms with Gasteiger partial charge in [-0.15, -0.1) is 11.3 Å². The summed E-state index contributed by atoms with van der Waals surface area (Å²) >= 11 is 1.28. The number of anilines is 1. The summed E-state index contributed by atoms with van der Waals surface area (Å²) in [4.78, 5) is 17.0. The number of furan rings is 1. The molecule has 0 spiro atoms. The standard InChI is InChI=1S/C23H19FN2O5S/c1-28-16-7-9-20(29-2)18(11-16)19-13-32-23(25-19)26-22(27)21-10-8-17(31-21)12-30-15-5-3-14(24)4-6-15/h3-11,13H,12H2,1-2H3,(H,25,26,27). The average Bonchev–Trinajstić information content (AvgIpc) is 3.48. The van der Waals surface area contributed by atoms with Crippen LogP contribution in [0.1, 0.15) is 16.3 Å². The molecule has 0 aliphatic rings. The number of nitrogens with zero attached hydrogens (tertiary/aromatic N) is 1. The molecule has 0 unspecified atom stereocenters. The maximum absolute atomic E-state index is 13.0. The number of rotatable bonds is 8. The molecule has 0 saturated heterocycles. The number of carbonyl (C=O) groups is 1. The van der Waals surface area contributed by atoms with Gasteiger partial charge < -0.3 is 18.6 Å². The Labute approximate surface area is 187 Å². The highest BCUT2D eigenvalue weighted by atomic mass is 32.1. The number of halogens is 1. The Balaban J connectivity index is 1.41. The van der Waals surface area contributed by atoms with Crippen LogP contribution in [0.5, 0.6) is 17.2 Å². The van der Waals surface area contributed by atoms with E-state index in [4.69, 9.17) is 18.6 Å². The van der Waals surface area contributed by atoms with Crippen LogP contribution >= 0.6 is 11.3 Å². The Morgan fingerprint density at radius 1 is 1.06 bits per heavy atom. The van der Waals surface area contributed by atoms with Gasteiger partial charge in [0.15, 0.2) is 10.9 Å². The predicted molar refractivity (Wildman–Crippen MR) is 118 cm³/mol. The third-order valence-electron chi connectivity index (χ3n) is 4.49. The molecule has 0 fully saturated rings. The van der Waals surface area contributed by atoms with Gasteiger partial charge in [-0.3, -0.25) is 10.1 Å². The number of benzene rings is 2. The van der Waals surface area contributed by atoms with Gasteiger partial charge in [0.1, 0.15) is 35.4 Å². The molecule has 2 heterocycles. The van der Waals surface area contributed by atoms with Gasteiger partial charge in [0.05, 0.1) is 19.9 Å². The lowest BCUT2D eigenvalue weighted by Gasteiger charge is -2.08. The summed E-state index contributed by atoms with van der Waals surface area (Å²) in [7, 11) is 3.16. The summed E-state index contributed by atoms with van der Waals surface area (Å²) < 4.78 is 34.7. The van der Waals surface area contributed by atoms with Gasteiger partial charge in [-0.2, -0.15) is 0 Å². The van der Waals surface area contributed by atoms with Crippen molar-refractivity contribution in [2.75, 3.05) is 19.5 Å². The maximum atomic E-state index is 13.0. The van der Waals surface area contributed by atoms with Crippen LogP contribution in [-0.4, -0.2) is 25.1 Å². The number of methoxy groups -OCH3 is 2. The molecule has 0 atom stereocenters. The van der Waals surface area contributed by atoms with E-state index in [1.165, 1.54) is 35.6 Å². The molecule has 2 aromatic carbocycles. The van der Waals surface area contributed by atoms with Crippen molar-refractivity contribution < 1.29 is 27.8 Å². The Hall–Kier alpha value is -3.85. The van der Waals surface area contributed by atoms with Crippen molar-refractivity contribution >= 4 is 22.4 Å². The summed E-state index contributed by atoms with van der Waals surface area (Å²) in [5.41, 5.74) is 1.40. The van der Waals surface area contributed by atoms with E-state index in [2.05, 4.69) is 10.3 Å². The minimum Gasteiger partial charge on any atom is -0.497 e. The monoisotopic (exact) mass is 454 g/mol. The zero-order valence-electron chi connectivity index (χ0n) is 17.3. The normalized spacial score (nSPS) is 10.6. The number of carbonyl (C=O) groups excluding carboxylic acids is 1. The molecule has 164 valence electrons. The first-order valence-electron chi connectivity index (χ1n) is 9.52. The fourth-order valence-electron chi connectivity index (χ4n) is 2.89. The number of hydrogen-bond donors (Lipinski definition) is 1. The molecule has 32 heavy (non-hydrogen) atoms. The van der Waals surface area contributed by atoms with Crippen molar-refractivity contribution in [1.82, 2.24) is 4.98 Å². The second-order valence-corrected chi connectivity index (χ2v) is 7.42. The fourth-order valence-corrected chi connectivity index (χ4v) is 3.60. The number of amides is 1. The fraction of sp³-hybridized carbons (Fsp3) is 0.130. The number of thiazole rings is 1. The molecule has 9 heteroatoms. The molecule has 4 rings (SSSR count). The SMILES string of the molecule is COc1ccc(OC)c(-c2csc(NC(=O)c3ccc(COc4ccc(F)cc4)o3)n2)c1. The summed E-state index contributed by atoms with van der Waals surface area (Å²) in [5.74, 6) is 1.62. The van der Waals surface area contributed by atoms with Crippen LogP contribution < -0.4 is 19.5 Å². The summed E-state index contributed by atoms with van der Waals surface area (Å²) in [6.45, 7) is 0.107. The Kier molecular flexibility index (Phi) is 6.37. The Bertz CT molecular complexity index is 1220. The lowest BCUT2D eigenvalue weighted by atomic mass is 10.1. The average molecular weight is 454 g/mol. The third-order valence-corrected chi connectivity index (χ3v) is 5.25. The van der Waals surface area contributed by atoms with Gasteiger partial charge >= 0.3 is 0 Å². The topological polar surface area (TPSA) is 82.8 Å².